The molecule has 1 heterocycles. The number of Topliss-reactive ketones (excluding diaryl/α,β-unsaturated/α-hetero) is 1. The van der Waals surface area contributed by atoms with Gasteiger partial charge in [0.25, 0.3) is 11.7 Å². The smallest absolute Gasteiger partial charge is 0.300 e. The molecule has 1 aliphatic heterocycles. The Balaban J connectivity index is 2.00. The van der Waals surface area contributed by atoms with Crippen molar-refractivity contribution in [2.75, 3.05) is 19.1 Å². The van der Waals surface area contributed by atoms with Crippen molar-refractivity contribution in [1.29, 1.82) is 0 Å². The van der Waals surface area contributed by atoms with Crippen molar-refractivity contribution in [3.63, 3.8) is 0 Å². The van der Waals surface area contributed by atoms with E-state index in [4.69, 9.17) is 21.1 Å². The predicted octanol–water partition coefficient (Wildman–Crippen LogP) is 5.99. The number of rotatable bonds is 5. The molecule has 1 amide bonds. The third-order valence-electron chi connectivity index (χ3n) is 6.40. The Hall–Kier alpha value is -3.97. The van der Waals surface area contributed by atoms with Crippen molar-refractivity contribution in [2.45, 2.75) is 32.2 Å². The van der Waals surface area contributed by atoms with Gasteiger partial charge in [0, 0.05) is 5.69 Å². The van der Waals surface area contributed by atoms with Crippen LogP contribution in [0.4, 0.5) is 5.69 Å². The van der Waals surface area contributed by atoms with Gasteiger partial charge in [-0.25, -0.2) is 0 Å². The number of ether oxygens (including phenoxy) is 2. The summed E-state index contributed by atoms with van der Waals surface area (Å²) in [5.41, 5.74) is 1.69. The zero-order chi connectivity index (χ0) is 27.1. The number of phenols is 1. The second kappa shape index (κ2) is 9.82. The molecule has 1 atom stereocenters. The number of carbonyl (C=O) groups is 2. The number of aromatic hydroxyl groups is 1. The molecule has 37 heavy (non-hydrogen) atoms. The van der Waals surface area contributed by atoms with Crippen LogP contribution in [0.15, 0.2) is 66.2 Å². The third kappa shape index (κ3) is 4.74. The first-order chi connectivity index (χ1) is 17.5. The van der Waals surface area contributed by atoms with Crippen molar-refractivity contribution in [1.82, 2.24) is 0 Å². The zero-order valence-electron chi connectivity index (χ0n) is 21.2. The molecule has 1 fully saturated rings. The second-order valence-electron chi connectivity index (χ2n) is 9.74. The molecular formula is C29H28ClNO6. The number of nitrogens with zero attached hydrogens (tertiary/aromatic N) is 1. The molecular weight excluding hydrogens is 494 g/mol. The highest BCUT2D eigenvalue weighted by Gasteiger charge is 2.47. The molecule has 0 saturated carbocycles. The molecule has 2 N–H and O–H groups in total. The lowest BCUT2D eigenvalue weighted by Crippen LogP contribution is -2.29. The zero-order valence-corrected chi connectivity index (χ0v) is 22.0. The monoisotopic (exact) mass is 521 g/mol. The van der Waals surface area contributed by atoms with Gasteiger partial charge in [0.05, 0.1) is 36.4 Å². The Labute approximate surface area is 220 Å². The fourth-order valence-corrected chi connectivity index (χ4v) is 4.54. The molecule has 4 rings (SSSR count). The number of carbonyl (C=O) groups excluding carboxylic acids is 2. The number of aliphatic hydroxyl groups is 1. The van der Waals surface area contributed by atoms with E-state index in [1.807, 2.05) is 26.8 Å². The summed E-state index contributed by atoms with van der Waals surface area (Å²) in [4.78, 5) is 28.2. The molecule has 3 aromatic carbocycles. The number of anilines is 1. The molecule has 0 radical (unpaired) electrons. The van der Waals surface area contributed by atoms with E-state index >= 15 is 0 Å². The first kappa shape index (κ1) is 26.1. The largest absolute Gasteiger partial charge is 0.507 e. The lowest BCUT2D eigenvalue weighted by molar-refractivity contribution is -0.132. The van der Waals surface area contributed by atoms with E-state index in [0.717, 1.165) is 5.56 Å². The van der Waals surface area contributed by atoms with Crippen molar-refractivity contribution in [3.8, 4) is 17.2 Å². The molecule has 0 bridgehead atoms. The Bertz CT molecular complexity index is 1400. The van der Waals surface area contributed by atoms with Crippen LogP contribution in [-0.2, 0) is 15.0 Å². The van der Waals surface area contributed by atoms with Gasteiger partial charge in [0.1, 0.15) is 23.0 Å². The molecule has 1 aliphatic rings. The van der Waals surface area contributed by atoms with Gasteiger partial charge in [-0.3, -0.25) is 14.5 Å². The topological polar surface area (TPSA) is 96.3 Å². The number of methoxy groups -OCH3 is 2. The number of ketones is 1. The lowest BCUT2D eigenvalue weighted by atomic mass is 9.85. The Morgan fingerprint density at radius 2 is 1.62 bits per heavy atom. The van der Waals surface area contributed by atoms with E-state index in [2.05, 4.69) is 0 Å². The molecule has 0 aliphatic carbocycles. The van der Waals surface area contributed by atoms with Crippen molar-refractivity contribution in [3.05, 3.63) is 87.9 Å². The first-order valence-electron chi connectivity index (χ1n) is 11.6. The Kier molecular flexibility index (Phi) is 6.93. The van der Waals surface area contributed by atoms with Gasteiger partial charge in [-0.15, -0.1) is 0 Å². The number of phenolic OH excluding ortho intramolecular Hbond substituents is 1. The normalized spacial score (nSPS) is 17.2. The Morgan fingerprint density at radius 1 is 0.946 bits per heavy atom. The summed E-state index contributed by atoms with van der Waals surface area (Å²) in [5, 5.41) is 21.6. The highest BCUT2D eigenvalue weighted by Crippen LogP contribution is 2.45. The Morgan fingerprint density at radius 3 is 2.19 bits per heavy atom. The summed E-state index contributed by atoms with van der Waals surface area (Å²) in [6, 6.07) is 15.4. The molecule has 1 unspecified atom stereocenters. The van der Waals surface area contributed by atoms with E-state index in [9.17, 15) is 19.8 Å². The van der Waals surface area contributed by atoms with E-state index in [1.54, 1.807) is 42.5 Å². The van der Waals surface area contributed by atoms with Gasteiger partial charge >= 0.3 is 0 Å². The number of hydrogen-bond donors (Lipinski definition) is 2. The van der Waals surface area contributed by atoms with Gasteiger partial charge in [-0.1, -0.05) is 44.5 Å². The standard InChI is InChI=1S/C29H28ClNO6/c1-29(2,3)17-7-13-23(37-5)20(15-17)26(33)24-25(16-6-12-22(32)21(30)14-16)31(28(35)27(24)34)18-8-10-19(36-4)11-9-18/h6-15,25,32-33H,1-5H3/b26-24+. The van der Waals surface area contributed by atoms with Crippen LogP contribution in [0.25, 0.3) is 5.76 Å². The number of aliphatic hydroxyl groups excluding tert-OH is 1. The summed E-state index contributed by atoms with van der Waals surface area (Å²) >= 11 is 6.21. The summed E-state index contributed by atoms with van der Waals surface area (Å²) in [6.07, 6.45) is 0. The second-order valence-corrected chi connectivity index (χ2v) is 10.2. The molecule has 8 heteroatoms. The van der Waals surface area contributed by atoms with Gasteiger partial charge in [0.2, 0.25) is 0 Å². The number of amides is 1. The van der Waals surface area contributed by atoms with Gasteiger partial charge in [-0.05, 0) is 65.1 Å². The molecule has 192 valence electrons. The summed E-state index contributed by atoms with van der Waals surface area (Å²) < 4.78 is 10.7. The predicted molar refractivity (Wildman–Crippen MR) is 143 cm³/mol. The number of halogens is 1. The van der Waals surface area contributed by atoms with E-state index < -0.39 is 17.7 Å². The maximum absolute atomic E-state index is 13.5. The average Bonchev–Trinajstić information content (AvgIpc) is 3.14. The highest BCUT2D eigenvalue weighted by atomic mass is 35.5. The minimum Gasteiger partial charge on any atom is -0.507 e. The molecule has 3 aromatic rings. The maximum Gasteiger partial charge on any atom is 0.300 e. The molecule has 1 saturated heterocycles. The van der Waals surface area contributed by atoms with Crippen LogP contribution in [0.5, 0.6) is 17.2 Å². The maximum atomic E-state index is 13.5. The highest BCUT2D eigenvalue weighted by molar-refractivity contribution is 6.51. The SMILES string of the molecule is COc1ccc(N2C(=O)C(=O)/C(=C(/O)c3cc(C(C)(C)C)ccc3OC)C2c2ccc(O)c(Cl)c2)cc1. The van der Waals surface area contributed by atoms with E-state index in [1.165, 1.54) is 31.3 Å². The fourth-order valence-electron chi connectivity index (χ4n) is 4.35. The van der Waals surface area contributed by atoms with Crippen LogP contribution in [-0.4, -0.2) is 36.1 Å². The molecule has 7 nitrogen and oxygen atoms in total. The van der Waals surface area contributed by atoms with Crippen LogP contribution in [0.2, 0.25) is 5.02 Å². The third-order valence-corrected chi connectivity index (χ3v) is 6.71. The minimum atomic E-state index is -1.02. The minimum absolute atomic E-state index is 0.0464. The first-order valence-corrected chi connectivity index (χ1v) is 12.0. The fraction of sp³-hybridized carbons (Fsp3) is 0.241. The summed E-state index contributed by atoms with van der Waals surface area (Å²) in [5.74, 6) is -1.26. The van der Waals surface area contributed by atoms with Crippen molar-refractivity contribution < 1.29 is 29.3 Å². The van der Waals surface area contributed by atoms with Crippen molar-refractivity contribution in [2.24, 2.45) is 0 Å². The van der Waals surface area contributed by atoms with Gasteiger partial charge in [0.15, 0.2) is 0 Å². The summed E-state index contributed by atoms with van der Waals surface area (Å²) in [7, 11) is 2.99. The van der Waals surface area contributed by atoms with Gasteiger partial charge < -0.3 is 19.7 Å². The van der Waals surface area contributed by atoms with E-state index in [0.29, 0.717) is 22.7 Å². The number of benzene rings is 3. The number of hydrogen-bond acceptors (Lipinski definition) is 6. The lowest BCUT2D eigenvalue weighted by Gasteiger charge is -2.26. The van der Waals surface area contributed by atoms with Crippen molar-refractivity contribution >= 4 is 34.7 Å². The average molecular weight is 522 g/mol. The van der Waals surface area contributed by atoms with Crippen LogP contribution in [0.3, 0.4) is 0 Å². The molecule has 0 aromatic heterocycles. The van der Waals surface area contributed by atoms with Crippen LogP contribution in [0.1, 0.15) is 43.5 Å². The van der Waals surface area contributed by atoms with Crippen LogP contribution in [0, 0.1) is 0 Å². The van der Waals surface area contributed by atoms with Crippen LogP contribution >= 0.6 is 11.6 Å². The summed E-state index contributed by atoms with van der Waals surface area (Å²) in [6.45, 7) is 6.08. The van der Waals surface area contributed by atoms with Crippen LogP contribution < -0.4 is 14.4 Å². The van der Waals surface area contributed by atoms with Gasteiger partial charge in [-0.2, -0.15) is 0 Å². The molecule has 0 spiro atoms. The quantitative estimate of drug-likeness (QED) is 0.243. The van der Waals surface area contributed by atoms with E-state index in [-0.39, 0.29) is 33.1 Å².